The zero-order chi connectivity index (χ0) is 18.5. The summed E-state index contributed by atoms with van der Waals surface area (Å²) in [5.74, 6) is -0.551. The van der Waals surface area contributed by atoms with Gasteiger partial charge in [-0.3, -0.25) is 0 Å². The maximum Gasteiger partial charge on any atom is 0.348 e. The first-order valence-corrected chi connectivity index (χ1v) is 9.96. The third-order valence-corrected chi connectivity index (χ3v) is 5.88. The van der Waals surface area contributed by atoms with Gasteiger partial charge in [0.1, 0.15) is 4.88 Å². The van der Waals surface area contributed by atoms with Crippen LogP contribution in [0.2, 0.25) is 5.02 Å². The van der Waals surface area contributed by atoms with Crippen molar-refractivity contribution in [3.8, 4) is 11.1 Å². The van der Waals surface area contributed by atoms with E-state index in [1.807, 2.05) is 0 Å². The van der Waals surface area contributed by atoms with Gasteiger partial charge in [-0.25, -0.2) is 9.59 Å². The van der Waals surface area contributed by atoms with Crippen molar-refractivity contribution in [2.75, 3.05) is 11.9 Å². The molecule has 1 fully saturated rings. The Morgan fingerprint density at radius 2 is 1.85 bits per heavy atom. The lowest BCUT2D eigenvalue weighted by atomic mass is 9.89. The highest BCUT2D eigenvalue weighted by Gasteiger charge is 2.21. The van der Waals surface area contributed by atoms with Crippen LogP contribution in [0, 0.1) is 5.92 Å². The molecule has 2 aromatic rings. The molecule has 0 spiro atoms. The van der Waals surface area contributed by atoms with E-state index in [1.165, 1.54) is 19.3 Å². The first kappa shape index (κ1) is 18.7. The monoisotopic (exact) mass is 392 g/mol. The summed E-state index contributed by atoms with van der Waals surface area (Å²) in [6.07, 6.45) is 5.96. The molecule has 3 N–H and O–H groups in total. The van der Waals surface area contributed by atoms with Gasteiger partial charge in [0.2, 0.25) is 0 Å². The topological polar surface area (TPSA) is 78.4 Å². The molecule has 1 heterocycles. The molecule has 1 saturated carbocycles. The Labute approximate surface area is 161 Å². The molecular formula is C19H21ClN2O3S. The van der Waals surface area contributed by atoms with Gasteiger partial charge in [-0.1, -0.05) is 43.0 Å². The predicted molar refractivity (Wildman–Crippen MR) is 105 cm³/mol. The summed E-state index contributed by atoms with van der Waals surface area (Å²) in [4.78, 5) is 24.0. The van der Waals surface area contributed by atoms with Gasteiger partial charge < -0.3 is 15.7 Å². The molecule has 0 aliphatic heterocycles. The third kappa shape index (κ3) is 4.56. The summed E-state index contributed by atoms with van der Waals surface area (Å²) < 4.78 is 0. The fourth-order valence-electron chi connectivity index (χ4n) is 3.27. The number of carbonyl (C=O) groups excluding carboxylic acids is 1. The number of anilines is 1. The van der Waals surface area contributed by atoms with Crippen LogP contribution < -0.4 is 10.6 Å². The third-order valence-electron chi connectivity index (χ3n) is 4.66. The molecule has 7 heteroatoms. The lowest BCUT2D eigenvalue weighted by Crippen LogP contribution is -2.34. The average Bonchev–Trinajstić information content (AvgIpc) is 3.05. The van der Waals surface area contributed by atoms with Crippen LogP contribution in [0.5, 0.6) is 0 Å². The van der Waals surface area contributed by atoms with Crippen LogP contribution in [0.1, 0.15) is 41.8 Å². The zero-order valence-corrected chi connectivity index (χ0v) is 15.8. The van der Waals surface area contributed by atoms with Crippen molar-refractivity contribution in [1.82, 2.24) is 5.32 Å². The largest absolute Gasteiger partial charge is 0.477 e. The number of rotatable bonds is 5. The number of hydrogen-bond acceptors (Lipinski definition) is 3. The van der Waals surface area contributed by atoms with E-state index in [-0.39, 0.29) is 10.9 Å². The number of carboxylic acids is 1. The lowest BCUT2D eigenvalue weighted by Gasteiger charge is -2.21. The molecule has 1 aliphatic carbocycles. The van der Waals surface area contributed by atoms with Crippen molar-refractivity contribution in [2.24, 2.45) is 5.92 Å². The number of thiophene rings is 1. The maximum absolute atomic E-state index is 12.3. The minimum absolute atomic E-state index is 0.114. The van der Waals surface area contributed by atoms with Gasteiger partial charge in [-0.2, -0.15) is 0 Å². The first-order chi connectivity index (χ1) is 12.5. The first-order valence-electron chi connectivity index (χ1n) is 8.70. The fourth-order valence-corrected chi connectivity index (χ4v) is 4.26. The molecule has 138 valence electrons. The van der Waals surface area contributed by atoms with Crippen molar-refractivity contribution in [3.05, 3.63) is 39.5 Å². The number of urea groups is 1. The van der Waals surface area contributed by atoms with Crippen molar-refractivity contribution in [1.29, 1.82) is 0 Å². The minimum Gasteiger partial charge on any atom is -0.477 e. The number of carbonyl (C=O) groups is 2. The van der Waals surface area contributed by atoms with Crippen molar-refractivity contribution < 1.29 is 14.7 Å². The van der Waals surface area contributed by atoms with Gasteiger partial charge in [0, 0.05) is 22.5 Å². The summed E-state index contributed by atoms with van der Waals surface area (Å²) in [5.41, 5.74) is 1.81. The normalized spacial score (nSPS) is 14.8. The number of benzene rings is 1. The van der Waals surface area contributed by atoms with Gasteiger partial charge in [-0.05, 0) is 36.5 Å². The van der Waals surface area contributed by atoms with E-state index in [1.54, 1.807) is 29.6 Å². The van der Waals surface area contributed by atoms with Crippen LogP contribution in [0.25, 0.3) is 11.1 Å². The molecule has 2 amide bonds. The van der Waals surface area contributed by atoms with Gasteiger partial charge in [0.15, 0.2) is 0 Å². The minimum atomic E-state index is -1.06. The molecule has 0 saturated heterocycles. The van der Waals surface area contributed by atoms with Gasteiger partial charge >= 0.3 is 12.0 Å². The predicted octanol–water partition coefficient (Wildman–Crippen LogP) is 5.47. The van der Waals surface area contributed by atoms with E-state index >= 15 is 0 Å². The van der Waals surface area contributed by atoms with Crippen LogP contribution in [-0.2, 0) is 0 Å². The Kier molecular flexibility index (Phi) is 6.16. The molecule has 1 aromatic heterocycles. The molecule has 26 heavy (non-hydrogen) atoms. The van der Waals surface area contributed by atoms with E-state index in [4.69, 9.17) is 11.6 Å². The van der Waals surface area contributed by atoms with E-state index in [0.29, 0.717) is 28.7 Å². The van der Waals surface area contributed by atoms with Crippen molar-refractivity contribution >= 4 is 40.6 Å². The quantitative estimate of drug-likeness (QED) is 0.631. The van der Waals surface area contributed by atoms with E-state index in [2.05, 4.69) is 10.6 Å². The highest BCUT2D eigenvalue weighted by Crippen LogP contribution is 2.37. The Balaban J connectivity index is 1.74. The lowest BCUT2D eigenvalue weighted by molar-refractivity contribution is 0.0703. The molecule has 0 atom stereocenters. The standard InChI is InChI=1S/C19H21ClN2O3S/c20-14-8-6-13(7-9-14)15-11-26-17(18(23)24)16(15)22-19(25)21-10-12-4-2-1-3-5-12/h6-9,11-12H,1-5,10H2,(H,23,24)(H2,21,22,25). The van der Waals surface area contributed by atoms with Crippen LogP contribution in [0.15, 0.2) is 29.6 Å². The summed E-state index contributed by atoms with van der Waals surface area (Å²) in [6, 6.07) is 6.72. The summed E-state index contributed by atoms with van der Waals surface area (Å²) in [5, 5.41) is 17.4. The van der Waals surface area contributed by atoms with Crippen LogP contribution in [0.3, 0.4) is 0 Å². The van der Waals surface area contributed by atoms with E-state index in [9.17, 15) is 14.7 Å². The second-order valence-electron chi connectivity index (χ2n) is 6.50. The molecule has 0 unspecified atom stereocenters. The molecule has 1 aliphatic rings. The smallest absolute Gasteiger partial charge is 0.348 e. The second kappa shape index (κ2) is 8.56. The van der Waals surface area contributed by atoms with Crippen molar-refractivity contribution in [2.45, 2.75) is 32.1 Å². The number of nitrogens with one attached hydrogen (secondary N) is 2. The van der Waals surface area contributed by atoms with Crippen LogP contribution in [0.4, 0.5) is 10.5 Å². The van der Waals surface area contributed by atoms with Gasteiger partial charge in [0.05, 0.1) is 5.69 Å². The van der Waals surface area contributed by atoms with E-state index < -0.39 is 5.97 Å². The molecular weight excluding hydrogens is 372 g/mol. The van der Waals surface area contributed by atoms with Gasteiger partial charge in [-0.15, -0.1) is 11.3 Å². The number of halogens is 1. The Bertz CT molecular complexity index is 783. The highest BCUT2D eigenvalue weighted by atomic mass is 35.5. The molecule has 0 radical (unpaired) electrons. The average molecular weight is 393 g/mol. The van der Waals surface area contributed by atoms with Crippen LogP contribution in [-0.4, -0.2) is 23.7 Å². The van der Waals surface area contributed by atoms with E-state index in [0.717, 1.165) is 29.7 Å². The Morgan fingerprint density at radius 1 is 1.15 bits per heavy atom. The van der Waals surface area contributed by atoms with Crippen molar-refractivity contribution in [3.63, 3.8) is 0 Å². The summed E-state index contributed by atoms with van der Waals surface area (Å²) in [6.45, 7) is 0.620. The molecule has 3 rings (SSSR count). The Morgan fingerprint density at radius 3 is 2.50 bits per heavy atom. The Hall–Kier alpha value is -2.05. The summed E-state index contributed by atoms with van der Waals surface area (Å²) in [7, 11) is 0. The number of carboxylic acid groups (broad SMARTS) is 1. The highest BCUT2D eigenvalue weighted by molar-refractivity contribution is 7.13. The molecule has 1 aromatic carbocycles. The second-order valence-corrected chi connectivity index (χ2v) is 7.82. The zero-order valence-electron chi connectivity index (χ0n) is 14.3. The number of aromatic carboxylic acids is 1. The van der Waals surface area contributed by atoms with Gasteiger partial charge in [0.25, 0.3) is 0 Å². The fraction of sp³-hybridized carbons (Fsp3) is 0.368. The SMILES string of the molecule is O=C(NCC1CCCCC1)Nc1c(-c2ccc(Cl)cc2)csc1C(=O)O. The molecule has 0 bridgehead atoms. The number of hydrogen-bond donors (Lipinski definition) is 3. The van der Waals surface area contributed by atoms with Crippen LogP contribution >= 0.6 is 22.9 Å². The summed E-state index contributed by atoms with van der Waals surface area (Å²) >= 11 is 7.02. The maximum atomic E-state index is 12.3. The number of amides is 2. The molecule has 5 nitrogen and oxygen atoms in total.